The molecular formula is C17H29NO2. The van der Waals surface area contributed by atoms with Gasteiger partial charge in [0.15, 0.2) is 12.4 Å². The molecule has 20 heavy (non-hydrogen) atoms. The number of carbonyl (C=O) groups is 1. The first-order chi connectivity index (χ1) is 9.70. The second kappa shape index (κ2) is 14.0. The van der Waals surface area contributed by atoms with Gasteiger partial charge in [-0.25, -0.2) is 4.57 Å². The molecule has 0 aliphatic rings. The highest BCUT2D eigenvalue weighted by Gasteiger charge is 1.93. The van der Waals surface area contributed by atoms with Gasteiger partial charge in [-0.3, -0.25) is 0 Å². The van der Waals surface area contributed by atoms with Crippen LogP contribution >= 0.6 is 0 Å². The van der Waals surface area contributed by atoms with Crippen molar-refractivity contribution in [1.82, 2.24) is 0 Å². The van der Waals surface area contributed by atoms with Crippen LogP contribution in [0, 0.1) is 0 Å². The summed E-state index contributed by atoms with van der Waals surface area (Å²) in [7, 11) is 0. The van der Waals surface area contributed by atoms with Gasteiger partial charge in [-0.1, -0.05) is 52.0 Å². The van der Waals surface area contributed by atoms with Crippen LogP contribution in [0.25, 0.3) is 0 Å². The number of aromatic nitrogens is 1. The quantitative estimate of drug-likeness (QED) is 0.515. The number of pyridine rings is 1. The van der Waals surface area contributed by atoms with Crippen molar-refractivity contribution in [3.8, 4) is 0 Å². The van der Waals surface area contributed by atoms with E-state index in [1.807, 2.05) is 6.07 Å². The minimum absolute atomic E-state index is 0.226. The summed E-state index contributed by atoms with van der Waals surface area (Å²) in [5, 5.41) is 9.92. The van der Waals surface area contributed by atoms with Crippen molar-refractivity contribution in [3.05, 3.63) is 30.6 Å². The minimum Gasteiger partial charge on any atom is -0.550 e. The minimum atomic E-state index is -0.920. The number of carbonyl (C=O) groups excluding carboxylic acids is 1. The third kappa shape index (κ3) is 13.1. The van der Waals surface area contributed by atoms with E-state index in [-0.39, 0.29) is 6.42 Å². The molecule has 0 radical (unpaired) electrons. The lowest BCUT2D eigenvalue weighted by molar-refractivity contribution is -0.697. The van der Waals surface area contributed by atoms with Gasteiger partial charge in [0.25, 0.3) is 0 Å². The van der Waals surface area contributed by atoms with Gasteiger partial charge in [0, 0.05) is 24.5 Å². The molecule has 0 aromatic carbocycles. The average molecular weight is 279 g/mol. The summed E-state index contributed by atoms with van der Waals surface area (Å²) in [6, 6.07) is 6.17. The Hall–Kier alpha value is -1.38. The molecule has 1 rings (SSSR count). The van der Waals surface area contributed by atoms with Gasteiger partial charge in [0.1, 0.15) is 6.54 Å². The highest BCUT2D eigenvalue weighted by molar-refractivity contribution is 5.63. The van der Waals surface area contributed by atoms with Crippen LogP contribution in [0.5, 0.6) is 0 Å². The molecule has 114 valence electrons. The van der Waals surface area contributed by atoms with Crippen LogP contribution in [0.2, 0.25) is 0 Å². The number of aliphatic carboxylic acids is 1. The molecule has 0 N–H and O–H groups in total. The van der Waals surface area contributed by atoms with Gasteiger partial charge in [-0.15, -0.1) is 0 Å². The molecule has 0 spiro atoms. The third-order valence-electron chi connectivity index (χ3n) is 3.03. The van der Waals surface area contributed by atoms with Gasteiger partial charge >= 0.3 is 0 Å². The molecular weight excluding hydrogens is 250 g/mol. The molecule has 1 aromatic rings. The Morgan fingerprint density at radius 2 is 1.50 bits per heavy atom. The van der Waals surface area contributed by atoms with Gasteiger partial charge in [0.05, 0.1) is 0 Å². The lowest BCUT2D eigenvalue weighted by Crippen LogP contribution is -2.31. The van der Waals surface area contributed by atoms with E-state index in [1.165, 1.54) is 25.7 Å². The Labute approximate surface area is 123 Å². The maximum atomic E-state index is 9.92. The Balaban J connectivity index is 0.000000361. The van der Waals surface area contributed by atoms with E-state index < -0.39 is 5.97 Å². The van der Waals surface area contributed by atoms with Crippen molar-refractivity contribution < 1.29 is 14.5 Å². The first-order valence-electron chi connectivity index (χ1n) is 7.84. The normalized spacial score (nSPS) is 9.70. The fraction of sp³-hybridized carbons (Fsp3) is 0.647. The fourth-order valence-corrected chi connectivity index (χ4v) is 1.80. The molecule has 0 unspecified atom stereocenters. The largest absolute Gasteiger partial charge is 0.550 e. The van der Waals surface area contributed by atoms with Crippen molar-refractivity contribution >= 4 is 5.97 Å². The molecule has 1 heterocycles. The van der Waals surface area contributed by atoms with Gasteiger partial charge in [0.2, 0.25) is 0 Å². The highest BCUT2D eigenvalue weighted by atomic mass is 16.4. The van der Waals surface area contributed by atoms with Crippen LogP contribution in [0.4, 0.5) is 0 Å². The number of carboxylic acids is 1. The number of unbranched alkanes of at least 4 members (excludes halogenated alkanes) is 5. The zero-order valence-corrected chi connectivity index (χ0v) is 13.0. The molecule has 1 aromatic heterocycles. The second-order valence-corrected chi connectivity index (χ2v) is 5.00. The smallest absolute Gasteiger partial charge is 0.168 e. The van der Waals surface area contributed by atoms with E-state index in [0.717, 1.165) is 25.8 Å². The molecule has 0 fully saturated rings. The van der Waals surface area contributed by atoms with Crippen molar-refractivity contribution in [3.63, 3.8) is 0 Å². The Morgan fingerprint density at radius 1 is 0.900 bits per heavy atom. The first-order valence-corrected chi connectivity index (χ1v) is 7.84. The summed E-state index contributed by atoms with van der Waals surface area (Å²) in [6.07, 6.45) is 12.4. The fourth-order valence-electron chi connectivity index (χ4n) is 1.80. The number of rotatable bonds is 9. The third-order valence-corrected chi connectivity index (χ3v) is 3.03. The zero-order valence-electron chi connectivity index (χ0n) is 13.0. The molecule has 0 saturated heterocycles. The van der Waals surface area contributed by atoms with Crippen LogP contribution in [-0.4, -0.2) is 5.97 Å². The number of hydrogen-bond acceptors (Lipinski definition) is 2. The number of nitrogens with zero attached hydrogens (tertiary/aromatic N) is 1. The highest BCUT2D eigenvalue weighted by Crippen LogP contribution is 2.03. The second-order valence-electron chi connectivity index (χ2n) is 5.00. The Bertz CT molecular complexity index is 325. The monoisotopic (exact) mass is 279 g/mol. The summed E-state index contributed by atoms with van der Waals surface area (Å²) in [6.45, 7) is 5.50. The lowest BCUT2D eigenvalue weighted by atomic mass is 10.1. The summed E-state index contributed by atoms with van der Waals surface area (Å²) >= 11 is 0. The maximum Gasteiger partial charge on any atom is 0.168 e. The van der Waals surface area contributed by atoms with Crippen LogP contribution in [0.3, 0.4) is 0 Å². The summed E-state index contributed by atoms with van der Waals surface area (Å²) in [5.41, 5.74) is 0. The predicted octanol–water partition coefficient (Wildman–Crippen LogP) is 2.87. The van der Waals surface area contributed by atoms with Crippen LogP contribution < -0.4 is 9.67 Å². The summed E-state index contributed by atoms with van der Waals surface area (Å²) in [4.78, 5) is 9.92. The first kappa shape index (κ1) is 18.6. The number of carboxylic acid groups (broad SMARTS) is 1. The van der Waals surface area contributed by atoms with E-state index in [1.54, 1.807) is 0 Å². The predicted molar refractivity (Wildman–Crippen MR) is 79.9 cm³/mol. The summed E-state index contributed by atoms with van der Waals surface area (Å²) < 4.78 is 2.21. The molecule has 3 heteroatoms. The van der Waals surface area contributed by atoms with Crippen molar-refractivity contribution in [2.24, 2.45) is 0 Å². The lowest BCUT2D eigenvalue weighted by Gasteiger charge is -2.00. The SMILES string of the molecule is CCCCCCCC(=O)[O-].CCCC[n+]1ccccc1. The van der Waals surface area contributed by atoms with Gasteiger partial charge in [-0.05, 0) is 12.8 Å². The molecule has 0 aliphatic carbocycles. The summed E-state index contributed by atoms with van der Waals surface area (Å²) in [5.74, 6) is -0.920. The Kier molecular flexibility index (Phi) is 13.1. The maximum absolute atomic E-state index is 9.92. The van der Waals surface area contributed by atoms with Crippen LogP contribution in [0.1, 0.15) is 65.2 Å². The van der Waals surface area contributed by atoms with E-state index in [2.05, 4.69) is 42.9 Å². The average Bonchev–Trinajstić information content (AvgIpc) is 2.46. The molecule has 0 saturated carbocycles. The number of hydrogen-bond donors (Lipinski definition) is 0. The standard InChI is InChI=1S/C9H14N.C8H16O2/c1-2-3-7-10-8-5-4-6-9-10;1-2-3-4-5-6-7-8(9)10/h4-6,8-9H,2-3,7H2,1H3;2-7H2,1H3,(H,9,10)/q+1;/p-1. The van der Waals surface area contributed by atoms with Crippen molar-refractivity contribution in [2.75, 3.05) is 0 Å². The molecule has 0 bridgehead atoms. The van der Waals surface area contributed by atoms with Gasteiger partial charge in [-0.2, -0.15) is 0 Å². The molecule has 0 aliphatic heterocycles. The van der Waals surface area contributed by atoms with Crippen molar-refractivity contribution in [2.45, 2.75) is 71.8 Å². The van der Waals surface area contributed by atoms with E-state index >= 15 is 0 Å². The van der Waals surface area contributed by atoms with Crippen LogP contribution in [0.15, 0.2) is 30.6 Å². The molecule has 0 atom stereocenters. The van der Waals surface area contributed by atoms with Crippen molar-refractivity contribution in [1.29, 1.82) is 0 Å². The van der Waals surface area contributed by atoms with E-state index in [9.17, 15) is 9.90 Å². The zero-order chi connectivity index (χ0) is 15.1. The number of aryl methyl sites for hydroxylation is 1. The topological polar surface area (TPSA) is 44.0 Å². The Morgan fingerprint density at radius 3 is 2.05 bits per heavy atom. The van der Waals surface area contributed by atoms with Crippen LogP contribution in [-0.2, 0) is 11.3 Å². The van der Waals surface area contributed by atoms with E-state index in [0.29, 0.717) is 0 Å². The molecule has 0 amide bonds. The molecule has 3 nitrogen and oxygen atoms in total. The van der Waals surface area contributed by atoms with E-state index in [4.69, 9.17) is 0 Å². The van der Waals surface area contributed by atoms with Gasteiger partial charge < -0.3 is 9.90 Å².